The molecular formula is C16H19NS. The summed E-state index contributed by atoms with van der Waals surface area (Å²) in [7, 11) is 0. The van der Waals surface area contributed by atoms with Gasteiger partial charge in [0.2, 0.25) is 0 Å². The summed E-state index contributed by atoms with van der Waals surface area (Å²) in [5.41, 5.74) is 9.64. The summed E-state index contributed by atoms with van der Waals surface area (Å²) in [6, 6.07) is 19.5. The first kappa shape index (κ1) is 13.2. The monoisotopic (exact) mass is 257 g/mol. The predicted octanol–water partition coefficient (Wildman–Crippen LogP) is 3.93. The van der Waals surface area contributed by atoms with Crippen molar-refractivity contribution < 1.29 is 0 Å². The van der Waals surface area contributed by atoms with Gasteiger partial charge in [0.25, 0.3) is 0 Å². The molecule has 0 aliphatic heterocycles. The van der Waals surface area contributed by atoms with Crippen molar-refractivity contribution in [1.82, 2.24) is 0 Å². The Balaban J connectivity index is 1.98. The van der Waals surface area contributed by atoms with Crippen LogP contribution in [0.4, 0.5) is 0 Å². The molecule has 2 aromatic carbocycles. The number of thioether (sulfide) groups is 1. The Morgan fingerprint density at radius 3 is 2.17 bits per heavy atom. The van der Waals surface area contributed by atoms with Crippen LogP contribution in [0.2, 0.25) is 0 Å². The number of nitrogens with two attached hydrogens (primary N) is 1. The smallest absolute Gasteiger partial charge is 0.0185 e. The first-order chi connectivity index (χ1) is 8.75. The van der Waals surface area contributed by atoms with Crippen LogP contribution < -0.4 is 5.73 Å². The summed E-state index contributed by atoms with van der Waals surface area (Å²) >= 11 is 1.89. The second kappa shape index (κ2) is 6.62. The SMILES string of the molecule is CC(N)CSCc1ccc(-c2ccccc2)cc1. The van der Waals surface area contributed by atoms with Crippen LogP contribution in [0.3, 0.4) is 0 Å². The molecule has 0 radical (unpaired) electrons. The van der Waals surface area contributed by atoms with Gasteiger partial charge in [-0.3, -0.25) is 0 Å². The van der Waals surface area contributed by atoms with E-state index in [1.807, 2.05) is 24.8 Å². The van der Waals surface area contributed by atoms with Crippen LogP contribution in [-0.4, -0.2) is 11.8 Å². The van der Waals surface area contributed by atoms with Crippen molar-refractivity contribution in [2.45, 2.75) is 18.7 Å². The minimum absolute atomic E-state index is 0.276. The number of hydrogen-bond donors (Lipinski definition) is 1. The maximum atomic E-state index is 5.74. The van der Waals surface area contributed by atoms with Crippen molar-refractivity contribution >= 4 is 11.8 Å². The Kier molecular flexibility index (Phi) is 4.85. The van der Waals surface area contributed by atoms with E-state index in [2.05, 4.69) is 48.5 Å². The molecule has 1 unspecified atom stereocenters. The van der Waals surface area contributed by atoms with Gasteiger partial charge in [-0.05, 0) is 23.6 Å². The van der Waals surface area contributed by atoms with Crippen LogP contribution in [0.15, 0.2) is 54.6 Å². The standard InChI is InChI=1S/C16H19NS/c1-13(17)11-18-12-14-7-9-16(10-8-14)15-5-3-2-4-6-15/h2-10,13H,11-12,17H2,1H3. The van der Waals surface area contributed by atoms with Crippen LogP contribution in [-0.2, 0) is 5.75 Å². The van der Waals surface area contributed by atoms with Gasteiger partial charge in [0.1, 0.15) is 0 Å². The molecule has 2 N–H and O–H groups in total. The molecular weight excluding hydrogens is 238 g/mol. The zero-order valence-corrected chi connectivity index (χ0v) is 11.5. The Hall–Kier alpha value is -1.25. The first-order valence-corrected chi connectivity index (χ1v) is 7.39. The third-order valence-electron chi connectivity index (χ3n) is 2.71. The van der Waals surface area contributed by atoms with Gasteiger partial charge in [-0.1, -0.05) is 54.6 Å². The lowest BCUT2D eigenvalue weighted by molar-refractivity contribution is 0.847. The van der Waals surface area contributed by atoms with Gasteiger partial charge in [-0.2, -0.15) is 11.8 Å². The molecule has 0 aromatic heterocycles. The van der Waals surface area contributed by atoms with E-state index in [4.69, 9.17) is 5.73 Å². The van der Waals surface area contributed by atoms with Crippen molar-refractivity contribution in [1.29, 1.82) is 0 Å². The van der Waals surface area contributed by atoms with Gasteiger partial charge in [-0.25, -0.2) is 0 Å². The van der Waals surface area contributed by atoms with Crippen molar-refractivity contribution in [3.05, 3.63) is 60.2 Å². The molecule has 0 aliphatic rings. The van der Waals surface area contributed by atoms with E-state index in [0.29, 0.717) is 0 Å². The minimum Gasteiger partial charge on any atom is -0.327 e. The molecule has 0 spiro atoms. The molecule has 1 atom stereocenters. The number of rotatable bonds is 5. The summed E-state index contributed by atoms with van der Waals surface area (Å²) in [4.78, 5) is 0. The molecule has 0 fully saturated rings. The van der Waals surface area contributed by atoms with Crippen LogP contribution in [0, 0.1) is 0 Å². The van der Waals surface area contributed by atoms with Gasteiger partial charge < -0.3 is 5.73 Å². The Labute approximate surface area is 113 Å². The average molecular weight is 257 g/mol. The van der Waals surface area contributed by atoms with E-state index in [1.54, 1.807) is 0 Å². The van der Waals surface area contributed by atoms with E-state index in [-0.39, 0.29) is 6.04 Å². The van der Waals surface area contributed by atoms with Crippen molar-refractivity contribution in [3.8, 4) is 11.1 Å². The third-order valence-corrected chi connectivity index (χ3v) is 4.01. The molecule has 2 rings (SSSR count). The van der Waals surface area contributed by atoms with Gasteiger partial charge in [0.15, 0.2) is 0 Å². The molecule has 1 nitrogen and oxygen atoms in total. The van der Waals surface area contributed by atoms with E-state index in [1.165, 1.54) is 16.7 Å². The zero-order chi connectivity index (χ0) is 12.8. The predicted molar refractivity (Wildman–Crippen MR) is 81.7 cm³/mol. The van der Waals surface area contributed by atoms with Crippen molar-refractivity contribution in [2.75, 3.05) is 5.75 Å². The molecule has 18 heavy (non-hydrogen) atoms. The summed E-state index contributed by atoms with van der Waals surface area (Å²) in [5, 5.41) is 0. The first-order valence-electron chi connectivity index (χ1n) is 6.23. The minimum atomic E-state index is 0.276. The highest BCUT2D eigenvalue weighted by molar-refractivity contribution is 7.98. The highest BCUT2D eigenvalue weighted by Crippen LogP contribution is 2.21. The Bertz CT molecular complexity index is 462. The van der Waals surface area contributed by atoms with Crippen molar-refractivity contribution in [3.63, 3.8) is 0 Å². The fraction of sp³-hybridized carbons (Fsp3) is 0.250. The maximum absolute atomic E-state index is 5.74. The van der Waals surface area contributed by atoms with Gasteiger partial charge in [-0.15, -0.1) is 0 Å². The van der Waals surface area contributed by atoms with Gasteiger partial charge in [0, 0.05) is 17.5 Å². The molecule has 0 bridgehead atoms. The fourth-order valence-corrected chi connectivity index (χ4v) is 2.70. The normalized spacial score (nSPS) is 12.3. The van der Waals surface area contributed by atoms with E-state index in [9.17, 15) is 0 Å². The molecule has 94 valence electrons. The molecule has 2 heteroatoms. The second-order valence-electron chi connectivity index (χ2n) is 4.56. The maximum Gasteiger partial charge on any atom is 0.0185 e. The Morgan fingerprint density at radius 2 is 1.56 bits per heavy atom. The zero-order valence-electron chi connectivity index (χ0n) is 10.7. The summed E-state index contributed by atoms with van der Waals surface area (Å²) < 4.78 is 0. The van der Waals surface area contributed by atoms with E-state index >= 15 is 0 Å². The fourth-order valence-electron chi connectivity index (χ4n) is 1.79. The largest absolute Gasteiger partial charge is 0.327 e. The third kappa shape index (κ3) is 3.90. The highest BCUT2D eigenvalue weighted by atomic mass is 32.2. The molecule has 0 heterocycles. The topological polar surface area (TPSA) is 26.0 Å². The quantitative estimate of drug-likeness (QED) is 0.878. The summed E-state index contributed by atoms with van der Waals surface area (Å²) in [6.45, 7) is 2.05. The highest BCUT2D eigenvalue weighted by Gasteiger charge is 1.99. The van der Waals surface area contributed by atoms with E-state index < -0.39 is 0 Å². The summed E-state index contributed by atoms with van der Waals surface area (Å²) in [5.74, 6) is 2.05. The molecule has 2 aromatic rings. The lowest BCUT2D eigenvalue weighted by Crippen LogP contribution is -2.17. The summed E-state index contributed by atoms with van der Waals surface area (Å²) in [6.07, 6.45) is 0. The van der Waals surface area contributed by atoms with Crippen LogP contribution in [0.25, 0.3) is 11.1 Å². The number of hydrogen-bond acceptors (Lipinski definition) is 2. The molecule has 0 saturated carbocycles. The van der Waals surface area contributed by atoms with Gasteiger partial charge >= 0.3 is 0 Å². The molecule has 0 saturated heterocycles. The van der Waals surface area contributed by atoms with Crippen LogP contribution in [0.5, 0.6) is 0 Å². The lowest BCUT2D eigenvalue weighted by atomic mass is 10.0. The molecule has 0 amide bonds. The van der Waals surface area contributed by atoms with E-state index in [0.717, 1.165) is 11.5 Å². The van der Waals surface area contributed by atoms with Gasteiger partial charge in [0.05, 0.1) is 0 Å². The van der Waals surface area contributed by atoms with Crippen molar-refractivity contribution in [2.24, 2.45) is 5.73 Å². The second-order valence-corrected chi connectivity index (χ2v) is 5.59. The van der Waals surface area contributed by atoms with Crippen LogP contribution >= 0.6 is 11.8 Å². The Morgan fingerprint density at radius 1 is 0.944 bits per heavy atom. The number of benzene rings is 2. The lowest BCUT2D eigenvalue weighted by Gasteiger charge is -2.06. The molecule has 0 aliphatic carbocycles. The average Bonchev–Trinajstić information content (AvgIpc) is 2.40. The van der Waals surface area contributed by atoms with Crippen LogP contribution in [0.1, 0.15) is 12.5 Å².